The molecule has 1 aromatic carbocycles. The molecule has 1 aromatic rings. The molecule has 4 rings (SSSR count). The van der Waals surface area contributed by atoms with Crippen molar-refractivity contribution in [3.05, 3.63) is 28.8 Å². The lowest BCUT2D eigenvalue weighted by Gasteiger charge is -2.47. The molecule has 0 aliphatic carbocycles. The molecule has 0 unspecified atom stereocenters. The van der Waals surface area contributed by atoms with Crippen molar-refractivity contribution in [2.24, 2.45) is 5.41 Å². The number of likely N-dealkylation sites (tertiary alicyclic amines) is 2. The van der Waals surface area contributed by atoms with Gasteiger partial charge in [-0.15, -0.1) is 0 Å². The molecule has 0 bridgehead atoms. The second-order valence-electron chi connectivity index (χ2n) is 9.41. The Morgan fingerprint density at radius 3 is 2.32 bits per heavy atom. The zero-order chi connectivity index (χ0) is 24.3. The van der Waals surface area contributed by atoms with Crippen LogP contribution >= 0.6 is 11.6 Å². The van der Waals surface area contributed by atoms with E-state index in [2.05, 4.69) is 10.2 Å². The smallest absolute Gasteiger partial charge is 0.328 e. The highest BCUT2D eigenvalue weighted by atomic mass is 35.5. The number of hydrogen-bond acceptors (Lipinski definition) is 6. The third-order valence-corrected chi connectivity index (χ3v) is 7.82. The van der Waals surface area contributed by atoms with Gasteiger partial charge < -0.3 is 14.4 Å². The number of carbonyl (C=O) groups is 3. The Morgan fingerprint density at radius 2 is 1.71 bits per heavy atom. The second kappa shape index (κ2) is 10.6. The number of carbonyl (C=O) groups excluding carboxylic acids is 3. The molecule has 3 heterocycles. The van der Waals surface area contributed by atoms with Gasteiger partial charge in [0.05, 0.1) is 10.7 Å². The van der Waals surface area contributed by atoms with E-state index in [-0.39, 0.29) is 36.5 Å². The highest BCUT2D eigenvalue weighted by molar-refractivity contribution is 6.34. The molecule has 34 heavy (non-hydrogen) atoms. The van der Waals surface area contributed by atoms with Gasteiger partial charge in [-0.25, -0.2) is 4.79 Å². The summed E-state index contributed by atoms with van der Waals surface area (Å²) in [6.45, 7) is 4.47. The van der Waals surface area contributed by atoms with Crippen molar-refractivity contribution in [3.63, 3.8) is 0 Å². The van der Waals surface area contributed by atoms with Crippen LogP contribution in [0.1, 0.15) is 42.5 Å². The lowest BCUT2D eigenvalue weighted by molar-refractivity contribution is -0.121. The number of imide groups is 1. The first-order valence-electron chi connectivity index (χ1n) is 11.8. The Bertz CT molecular complexity index is 920. The number of benzene rings is 1. The fourth-order valence-electron chi connectivity index (χ4n) is 5.18. The topological polar surface area (TPSA) is 91.4 Å². The van der Waals surface area contributed by atoms with Crippen molar-refractivity contribution in [1.29, 1.82) is 0 Å². The van der Waals surface area contributed by atoms with Gasteiger partial charge in [0.25, 0.3) is 5.91 Å². The van der Waals surface area contributed by atoms with E-state index in [9.17, 15) is 14.4 Å². The highest BCUT2D eigenvalue weighted by Gasteiger charge is 2.39. The van der Waals surface area contributed by atoms with Crippen molar-refractivity contribution in [1.82, 2.24) is 15.1 Å². The molecule has 3 saturated heterocycles. The minimum Gasteiger partial charge on any atom is -0.355 e. The van der Waals surface area contributed by atoms with E-state index in [0.29, 0.717) is 29.4 Å². The van der Waals surface area contributed by atoms with E-state index in [0.717, 1.165) is 45.3 Å². The van der Waals surface area contributed by atoms with E-state index in [1.807, 2.05) is 4.90 Å². The van der Waals surface area contributed by atoms with Crippen LogP contribution in [0.25, 0.3) is 0 Å². The normalized spacial score (nSPS) is 21.3. The van der Waals surface area contributed by atoms with Crippen LogP contribution in [-0.2, 0) is 14.3 Å². The Balaban J connectivity index is 1.35. The maximum absolute atomic E-state index is 13.3. The molecule has 10 heteroatoms. The van der Waals surface area contributed by atoms with Crippen LogP contribution in [0.15, 0.2) is 18.2 Å². The molecule has 3 aliphatic rings. The lowest BCUT2D eigenvalue weighted by atomic mass is 9.71. The molecule has 3 aliphatic heterocycles. The molecule has 1 spiro atoms. The molecule has 186 valence electrons. The van der Waals surface area contributed by atoms with E-state index in [1.54, 1.807) is 32.4 Å². The zero-order valence-electron chi connectivity index (χ0n) is 19.8. The summed E-state index contributed by atoms with van der Waals surface area (Å²) in [5.41, 5.74) is 1.23. The van der Waals surface area contributed by atoms with Gasteiger partial charge in [0.1, 0.15) is 0 Å². The monoisotopic (exact) mass is 492 g/mol. The summed E-state index contributed by atoms with van der Waals surface area (Å²) < 4.78 is 10.7. The van der Waals surface area contributed by atoms with E-state index >= 15 is 0 Å². The number of anilines is 1. The predicted molar refractivity (Wildman–Crippen MR) is 128 cm³/mol. The molecule has 0 saturated carbocycles. The van der Waals surface area contributed by atoms with Crippen LogP contribution in [0.4, 0.5) is 10.5 Å². The molecule has 4 amide bonds. The molecule has 9 nitrogen and oxygen atoms in total. The first kappa shape index (κ1) is 24.9. The lowest BCUT2D eigenvalue weighted by Crippen LogP contribution is -2.50. The third kappa shape index (κ3) is 5.38. The number of piperidine rings is 2. The Kier molecular flexibility index (Phi) is 7.77. The fourth-order valence-corrected chi connectivity index (χ4v) is 5.40. The number of nitrogens with zero attached hydrogens (tertiary/aromatic N) is 3. The van der Waals surface area contributed by atoms with E-state index in [4.69, 9.17) is 21.1 Å². The molecule has 0 radical (unpaired) electrons. The third-order valence-electron chi connectivity index (χ3n) is 7.50. The first-order valence-corrected chi connectivity index (χ1v) is 12.2. The van der Waals surface area contributed by atoms with Gasteiger partial charge >= 0.3 is 6.03 Å². The minimum absolute atomic E-state index is 0.0540. The Morgan fingerprint density at radius 1 is 1.06 bits per heavy atom. The van der Waals surface area contributed by atoms with Gasteiger partial charge in [0.15, 0.2) is 6.29 Å². The molecule has 1 N–H and O–H groups in total. The highest BCUT2D eigenvalue weighted by Crippen LogP contribution is 2.41. The molecular formula is C24H33ClN4O5. The van der Waals surface area contributed by atoms with Crippen molar-refractivity contribution >= 4 is 35.1 Å². The Labute approximate surface area is 205 Å². The summed E-state index contributed by atoms with van der Waals surface area (Å²) in [6, 6.07) is 4.48. The van der Waals surface area contributed by atoms with Crippen molar-refractivity contribution in [2.45, 2.75) is 38.4 Å². The van der Waals surface area contributed by atoms with E-state index < -0.39 is 6.03 Å². The van der Waals surface area contributed by atoms with Gasteiger partial charge in [0, 0.05) is 52.4 Å². The largest absolute Gasteiger partial charge is 0.355 e. The number of hydrogen-bond donors (Lipinski definition) is 1. The summed E-state index contributed by atoms with van der Waals surface area (Å²) in [5, 5.41) is 2.67. The van der Waals surface area contributed by atoms with Crippen LogP contribution in [0, 0.1) is 5.41 Å². The van der Waals surface area contributed by atoms with Gasteiger partial charge in [-0.1, -0.05) is 11.6 Å². The predicted octanol–water partition coefficient (Wildman–Crippen LogP) is 2.72. The second-order valence-corrected chi connectivity index (χ2v) is 9.82. The summed E-state index contributed by atoms with van der Waals surface area (Å²) in [4.78, 5) is 42.7. The van der Waals surface area contributed by atoms with Crippen LogP contribution in [0.5, 0.6) is 0 Å². The fraction of sp³-hybridized carbons (Fsp3) is 0.625. The number of rotatable bonds is 6. The maximum atomic E-state index is 13.3. The summed E-state index contributed by atoms with van der Waals surface area (Å²) in [6.07, 6.45) is 4.20. The summed E-state index contributed by atoms with van der Waals surface area (Å²) in [7, 11) is 3.33. The van der Waals surface area contributed by atoms with Gasteiger partial charge in [-0.2, -0.15) is 0 Å². The van der Waals surface area contributed by atoms with Crippen LogP contribution in [-0.4, -0.2) is 87.4 Å². The number of methoxy groups -OCH3 is 2. The van der Waals surface area contributed by atoms with Crippen molar-refractivity contribution in [2.75, 3.05) is 58.4 Å². The summed E-state index contributed by atoms with van der Waals surface area (Å²) >= 11 is 6.33. The molecular weight excluding hydrogens is 460 g/mol. The standard InChI is InChI=1S/C24H33ClN4O5/c1-33-21(34-2)16-27-11-6-24(7-12-27)8-13-28(14-9-24)22(31)17-3-4-18(25)19(15-17)29-10-5-20(30)26-23(29)32/h3-4,15,21H,5-14,16H2,1-2H3,(H,26,30,32). The maximum Gasteiger partial charge on any atom is 0.328 e. The van der Waals surface area contributed by atoms with Crippen LogP contribution in [0.3, 0.4) is 0 Å². The first-order chi connectivity index (χ1) is 16.3. The number of nitrogens with one attached hydrogen (secondary N) is 1. The minimum atomic E-state index is -0.517. The Hall–Kier alpha value is -2.20. The average molecular weight is 493 g/mol. The van der Waals surface area contributed by atoms with Gasteiger partial charge in [-0.3, -0.25) is 24.7 Å². The quantitative estimate of drug-likeness (QED) is 0.614. The molecule has 0 atom stereocenters. The average Bonchev–Trinajstić information content (AvgIpc) is 2.84. The molecule has 0 aromatic heterocycles. The van der Waals surface area contributed by atoms with Crippen LogP contribution in [0.2, 0.25) is 5.02 Å². The number of ether oxygens (including phenoxy) is 2. The van der Waals surface area contributed by atoms with Crippen molar-refractivity contribution in [3.8, 4) is 0 Å². The van der Waals surface area contributed by atoms with Crippen molar-refractivity contribution < 1.29 is 23.9 Å². The van der Waals surface area contributed by atoms with Gasteiger partial charge in [-0.05, 0) is 62.4 Å². The molecule has 3 fully saturated rings. The van der Waals surface area contributed by atoms with E-state index in [1.165, 1.54) is 4.90 Å². The van der Waals surface area contributed by atoms with Crippen LogP contribution < -0.4 is 10.2 Å². The number of urea groups is 1. The summed E-state index contributed by atoms with van der Waals surface area (Å²) in [5.74, 6) is -0.364. The SMILES string of the molecule is COC(CN1CCC2(CC1)CCN(C(=O)c1ccc(Cl)c(N3CCC(=O)NC3=O)c1)CC2)OC. The van der Waals surface area contributed by atoms with Gasteiger partial charge in [0.2, 0.25) is 5.91 Å². The number of halogens is 1. The zero-order valence-corrected chi connectivity index (χ0v) is 20.6. The number of amides is 4.